The molecule has 0 bridgehead atoms. The van der Waals surface area contributed by atoms with Crippen molar-refractivity contribution in [2.45, 2.75) is 18.3 Å². The van der Waals surface area contributed by atoms with Crippen LogP contribution in [0.5, 0.6) is 0 Å². The summed E-state index contributed by atoms with van der Waals surface area (Å²) >= 11 is 1.17. The van der Waals surface area contributed by atoms with Gasteiger partial charge in [0.15, 0.2) is 0 Å². The number of rotatable bonds is 5. The largest absolute Gasteiger partial charge is 0.394 e. The summed E-state index contributed by atoms with van der Waals surface area (Å²) in [7, 11) is 1.41. The van der Waals surface area contributed by atoms with Gasteiger partial charge in [-0.25, -0.2) is 4.79 Å². The molecule has 0 heterocycles. The van der Waals surface area contributed by atoms with E-state index in [1.54, 1.807) is 6.92 Å². The molecule has 3 amide bonds. The van der Waals surface area contributed by atoms with Gasteiger partial charge in [0.1, 0.15) is 0 Å². The highest BCUT2D eigenvalue weighted by molar-refractivity contribution is 8.00. The third-order valence-corrected chi connectivity index (χ3v) is 2.87. The van der Waals surface area contributed by atoms with E-state index in [1.165, 1.54) is 18.8 Å². The van der Waals surface area contributed by atoms with Gasteiger partial charge in [0, 0.05) is 12.8 Å². The van der Waals surface area contributed by atoms with Crippen molar-refractivity contribution in [2.24, 2.45) is 0 Å². The zero-order chi connectivity index (χ0) is 11.8. The fourth-order valence-corrected chi connectivity index (χ4v) is 1.49. The van der Waals surface area contributed by atoms with Gasteiger partial charge < -0.3 is 15.5 Å². The first-order chi connectivity index (χ1) is 7.01. The van der Waals surface area contributed by atoms with Gasteiger partial charge in [0.05, 0.1) is 18.0 Å². The van der Waals surface area contributed by atoms with Gasteiger partial charge in [-0.05, 0) is 6.92 Å². The number of carbonyl (C=O) groups excluding carboxylic acids is 2. The molecular weight excluding hydrogens is 220 g/mol. The van der Waals surface area contributed by atoms with E-state index in [2.05, 4.69) is 10.6 Å². The molecule has 2 atom stereocenters. The normalized spacial score (nSPS) is 14.1. The maximum absolute atomic E-state index is 11.3. The van der Waals surface area contributed by atoms with E-state index in [4.69, 9.17) is 10.2 Å². The average Bonchev–Trinajstić information content (AvgIpc) is 2.24. The zero-order valence-corrected chi connectivity index (χ0v) is 9.50. The summed E-state index contributed by atoms with van der Waals surface area (Å²) in [5, 5.41) is 21.5. The Kier molecular flexibility index (Phi) is 7.10. The SMILES string of the molecule is CNC(=O)NC(=O)C(C)SCC(O)CO. The number of carbonyl (C=O) groups is 2. The van der Waals surface area contributed by atoms with Crippen molar-refractivity contribution in [3.8, 4) is 0 Å². The van der Waals surface area contributed by atoms with Crippen molar-refractivity contribution in [2.75, 3.05) is 19.4 Å². The van der Waals surface area contributed by atoms with Crippen LogP contribution in [0.2, 0.25) is 0 Å². The molecule has 0 aromatic carbocycles. The molecule has 0 aromatic heterocycles. The fraction of sp³-hybridized carbons (Fsp3) is 0.750. The van der Waals surface area contributed by atoms with Gasteiger partial charge in [-0.3, -0.25) is 10.1 Å². The quantitative estimate of drug-likeness (QED) is 0.486. The Hall–Kier alpha value is -0.790. The van der Waals surface area contributed by atoms with Crippen LogP contribution in [-0.2, 0) is 4.79 Å². The molecule has 88 valence electrons. The van der Waals surface area contributed by atoms with Crippen molar-refractivity contribution in [3.63, 3.8) is 0 Å². The molecule has 15 heavy (non-hydrogen) atoms. The molecule has 0 saturated carbocycles. The first-order valence-corrected chi connectivity index (χ1v) is 5.49. The Bertz CT molecular complexity index is 225. The predicted octanol–water partition coefficient (Wildman–Crippen LogP) is -1.08. The highest BCUT2D eigenvalue weighted by Gasteiger charge is 2.16. The van der Waals surface area contributed by atoms with Crippen molar-refractivity contribution >= 4 is 23.7 Å². The highest BCUT2D eigenvalue weighted by atomic mass is 32.2. The molecule has 0 rings (SSSR count). The zero-order valence-electron chi connectivity index (χ0n) is 8.69. The second-order valence-corrected chi connectivity index (χ2v) is 4.25. The predicted molar refractivity (Wildman–Crippen MR) is 57.6 cm³/mol. The minimum atomic E-state index is -0.842. The van der Waals surface area contributed by atoms with Gasteiger partial charge in [-0.1, -0.05) is 0 Å². The minimum absolute atomic E-state index is 0.249. The maximum atomic E-state index is 11.3. The smallest absolute Gasteiger partial charge is 0.321 e. The monoisotopic (exact) mass is 236 g/mol. The van der Waals surface area contributed by atoms with Crippen LogP contribution in [0.15, 0.2) is 0 Å². The minimum Gasteiger partial charge on any atom is -0.394 e. The molecule has 7 heteroatoms. The number of thioether (sulfide) groups is 1. The molecule has 0 aliphatic heterocycles. The first kappa shape index (κ1) is 14.2. The lowest BCUT2D eigenvalue weighted by atomic mass is 10.4. The fourth-order valence-electron chi connectivity index (χ4n) is 0.660. The Balaban J connectivity index is 3.84. The summed E-state index contributed by atoms with van der Waals surface area (Å²) in [5.74, 6) is -0.178. The summed E-state index contributed by atoms with van der Waals surface area (Å²) in [6.45, 7) is 1.28. The number of hydrogen-bond acceptors (Lipinski definition) is 5. The Morgan fingerprint density at radius 3 is 2.53 bits per heavy atom. The molecule has 0 radical (unpaired) electrons. The molecule has 0 aromatic rings. The van der Waals surface area contributed by atoms with E-state index in [1.807, 2.05) is 0 Å². The molecule has 4 N–H and O–H groups in total. The van der Waals surface area contributed by atoms with Crippen LogP contribution in [0.25, 0.3) is 0 Å². The summed E-state index contributed by atoms with van der Waals surface area (Å²) in [6.07, 6.45) is -0.842. The van der Waals surface area contributed by atoms with Crippen molar-refractivity contribution < 1.29 is 19.8 Å². The third-order valence-electron chi connectivity index (χ3n) is 1.58. The van der Waals surface area contributed by atoms with Gasteiger partial charge in [0.25, 0.3) is 0 Å². The summed E-state index contributed by atoms with van der Waals surface area (Å²) in [5.41, 5.74) is 0. The molecule has 0 aliphatic carbocycles. The summed E-state index contributed by atoms with van der Waals surface area (Å²) in [6, 6.07) is -0.560. The molecule has 0 saturated heterocycles. The molecule has 0 aliphatic rings. The van der Waals surface area contributed by atoms with Gasteiger partial charge in [0.2, 0.25) is 5.91 Å². The molecule has 0 fully saturated rings. The van der Waals surface area contributed by atoms with Crippen LogP contribution in [0.4, 0.5) is 4.79 Å². The van der Waals surface area contributed by atoms with Crippen LogP contribution < -0.4 is 10.6 Å². The molecule has 0 spiro atoms. The van der Waals surface area contributed by atoms with Crippen LogP contribution in [-0.4, -0.2) is 52.9 Å². The second-order valence-electron chi connectivity index (χ2n) is 2.88. The number of aliphatic hydroxyl groups excluding tert-OH is 2. The van der Waals surface area contributed by atoms with Crippen molar-refractivity contribution in [1.82, 2.24) is 10.6 Å². The van der Waals surface area contributed by atoms with Crippen molar-refractivity contribution in [1.29, 1.82) is 0 Å². The molecular formula is C8H16N2O4S. The van der Waals surface area contributed by atoms with E-state index in [0.29, 0.717) is 0 Å². The molecule has 2 unspecified atom stereocenters. The lowest BCUT2D eigenvalue weighted by Gasteiger charge is -2.12. The Morgan fingerprint density at radius 1 is 1.47 bits per heavy atom. The van der Waals surface area contributed by atoms with Gasteiger partial charge in [-0.2, -0.15) is 0 Å². The lowest BCUT2D eigenvalue weighted by Crippen LogP contribution is -2.41. The van der Waals surface area contributed by atoms with Crippen LogP contribution in [0.3, 0.4) is 0 Å². The molecule has 6 nitrogen and oxygen atoms in total. The Morgan fingerprint density at radius 2 is 2.07 bits per heavy atom. The summed E-state index contributed by atoms with van der Waals surface area (Å²) in [4.78, 5) is 22.1. The number of aliphatic hydroxyl groups is 2. The van der Waals surface area contributed by atoms with E-state index < -0.39 is 23.3 Å². The number of amides is 3. The van der Waals surface area contributed by atoms with E-state index >= 15 is 0 Å². The van der Waals surface area contributed by atoms with Crippen LogP contribution in [0.1, 0.15) is 6.92 Å². The van der Waals surface area contributed by atoms with E-state index in [9.17, 15) is 9.59 Å². The van der Waals surface area contributed by atoms with Crippen LogP contribution >= 0.6 is 11.8 Å². The topological polar surface area (TPSA) is 98.7 Å². The summed E-state index contributed by atoms with van der Waals surface area (Å²) < 4.78 is 0. The van der Waals surface area contributed by atoms with E-state index in [-0.39, 0.29) is 12.4 Å². The van der Waals surface area contributed by atoms with Gasteiger partial charge in [-0.15, -0.1) is 11.8 Å². The Labute approximate surface area is 92.4 Å². The lowest BCUT2D eigenvalue weighted by molar-refractivity contribution is -0.119. The number of nitrogens with one attached hydrogen (secondary N) is 2. The number of urea groups is 1. The van der Waals surface area contributed by atoms with Gasteiger partial charge >= 0.3 is 6.03 Å². The number of hydrogen-bond donors (Lipinski definition) is 4. The average molecular weight is 236 g/mol. The van der Waals surface area contributed by atoms with Crippen molar-refractivity contribution in [3.05, 3.63) is 0 Å². The maximum Gasteiger partial charge on any atom is 0.321 e. The van der Waals surface area contributed by atoms with Crippen LogP contribution in [0, 0.1) is 0 Å². The van der Waals surface area contributed by atoms with E-state index in [0.717, 1.165) is 0 Å². The highest BCUT2D eigenvalue weighted by Crippen LogP contribution is 2.11. The number of imide groups is 1. The first-order valence-electron chi connectivity index (χ1n) is 4.44. The second kappa shape index (κ2) is 7.49. The standard InChI is InChI=1S/C8H16N2O4S/c1-5(15-4-6(12)3-11)7(13)10-8(14)9-2/h5-6,11-12H,3-4H2,1-2H3,(H2,9,10,13,14). The third kappa shape index (κ3) is 6.32.